The van der Waals surface area contributed by atoms with Gasteiger partial charge in [-0.2, -0.15) is 0 Å². The molecule has 0 saturated carbocycles. The molecule has 1 saturated heterocycles. The number of benzene rings is 1. The van der Waals surface area contributed by atoms with Crippen LogP contribution in [0.5, 0.6) is 0 Å². The SMILES string of the molecule is O=C1C=C2C(S(=O)(=O)c3ccccc3)CCOC[C@H]2C1. The van der Waals surface area contributed by atoms with Crippen LogP contribution in [-0.2, 0) is 19.4 Å². The fourth-order valence-electron chi connectivity index (χ4n) is 2.93. The standard InChI is InChI=1S/C15H16O4S/c16-12-8-11-10-19-7-6-15(14(11)9-12)20(17,18)13-4-2-1-3-5-13/h1-5,9,11,15H,6-8,10H2/t11-,15?/m1/s1. The summed E-state index contributed by atoms with van der Waals surface area (Å²) in [6.45, 7) is 0.858. The second-order valence-corrected chi connectivity index (χ2v) is 7.35. The molecule has 0 N–H and O–H groups in total. The van der Waals surface area contributed by atoms with Gasteiger partial charge in [-0.15, -0.1) is 0 Å². The first-order chi connectivity index (χ1) is 9.59. The molecule has 2 atom stereocenters. The maximum absolute atomic E-state index is 12.8. The van der Waals surface area contributed by atoms with E-state index < -0.39 is 15.1 Å². The Hall–Kier alpha value is -1.46. The molecule has 1 aliphatic heterocycles. The fraction of sp³-hybridized carbons (Fsp3) is 0.400. The van der Waals surface area contributed by atoms with E-state index in [2.05, 4.69) is 0 Å². The van der Waals surface area contributed by atoms with Gasteiger partial charge in [0.15, 0.2) is 15.6 Å². The normalized spacial score (nSPS) is 26.8. The summed E-state index contributed by atoms with van der Waals surface area (Å²) in [5, 5.41) is -0.635. The van der Waals surface area contributed by atoms with Crippen LogP contribution in [0, 0.1) is 5.92 Å². The zero-order chi connectivity index (χ0) is 14.2. The Balaban J connectivity index is 2.03. The van der Waals surface area contributed by atoms with E-state index in [0.717, 1.165) is 5.57 Å². The van der Waals surface area contributed by atoms with Crippen molar-refractivity contribution in [2.45, 2.75) is 23.0 Å². The molecule has 0 amide bonds. The third kappa shape index (κ3) is 2.31. The van der Waals surface area contributed by atoms with Crippen molar-refractivity contribution in [1.29, 1.82) is 0 Å². The van der Waals surface area contributed by atoms with Crippen LogP contribution >= 0.6 is 0 Å². The molecule has 3 rings (SSSR count). The van der Waals surface area contributed by atoms with Crippen molar-refractivity contribution < 1.29 is 17.9 Å². The Morgan fingerprint density at radius 3 is 2.65 bits per heavy atom. The molecule has 0 radical (unpaired) electrons. The first kappa shape index (κ1) is 13.5. The van der Waals surface area contributed by atoms with Gasteiger partial charge < -0.3 is 4.74 Å². The van der Waals surface area contributed by atoms with Gasteiger partial charge in [-0.05, 0) is 30.2 Å². The zero-order valence-electron chi connectivity index (χ0n) is 11.0. The molecule has 5 heteroatoms. The monoisotopic (exact) mass is 292 g/mol. The molecule has 1 aromatic carbocycles. The minimum atomic E-state index is -3.46. The molecule has 1 unspecified atom stereocenters. The van der Waals surface area contributed by atoms with Gasteiger partial charge in [0.1, 0.15) is 0 Å². The molecule has 106 valence electrons. The molecule has 0 aromatic heterocycles. The van der Waals surface area contributed by atoms with Gasteiger partial charge in [0.05, 0.1) is 16.8 Å². The largest absolute Gasteiger partial charge is 0.381 e. The average Bonchev–Trinajstić information content (AvgIpc) is 2.68. The number of allylic oxidation sites excluding steroid dienone is 1. The highest BCUT2D eigenvalue weighted by atomic mass is 32.2. The van der Waals surface area contributed by atoms with Crippen molar-refractivity contribution in [3.63, 3.8) is 0 Å². The summed E-state index contributed by atoms with van der Waals surface area (Å²) >= 11 is 0. The van der Waals surface area contributed by atoms with E-state index in [-0.39, 0.29) is 11.7 Å². The lowest BCUT2D eigenvalue weighted by Crippen LogP contribution is -2.26. The number of hydrogen-bond acceptors (Lipinski definition) is 4. The molecule has 1 aliphatic carbocycles. The highest BCUT2D eigenvalue weighted by Gasteiger charge is 2.39. The summed E-state index contributed by atoms with van der Waals surface area (Å²) in [7, 11) is -3.46. The molecule has 2 aliphatic rings. The van der Waals surface area contributed by atoms with E-state index in [0.29, 0.717) is 31.0 Å². The van der Waals surface area contributed by atoms with Crippen molar-refractivity contribution in [2.24, 2.45) is 5.92 Å². The Morgan fingerprint density at radius 1 is 1.15 bits per heavy atom. The number of carbonyl (C=O) groups excluding carboxylic acids is 1. The Bertz CT molecular complexity index is 646. The van der Waals surface area contributed by atoms with Crippen molar-refractivity contribution in [3.05, 3.63) is 42.0 Å². The smallest absolute Gasteiger partial charge is 0.185 e. The first-order valence-corrected chi connectivity index (χ1v) is 8.24. The number of rotatable bonds is 2. The topological polar surface area (TPSA) is 60.4 Å². The Labute approximate surface area is 118 Å². The second kappa shape index (κ2) is 5.14. The van der Waals surface area contributed by atoms with Crippen LogP contribution in [0.15, 0.2) is 46.9 Å². The minimum Gasteiger partial charge on any atom is -0.381 e. The van der Waals surface area contributed by atoms with Crippen LogP contribution in [0.2, 0.25) is 0 Å². The lowest BCUT2D eigenvalue weighted by atomic mass is 9.99. The summed E-state index contributed by atoms with van der Waals surface area (Å²) < 4.78 is 31.0. The lowest BCUT2D eigenvalue weighted by molar-refractivity contribution is -0.114. The number of fused-ring (bicyclic) bond motifs is 1. The quantitative estimate of drug-likeness (QED) is 0.833. The van der Waals surface area contributed by atoms with Gasteiger partial charge in [0.25, 0.3) is 0 Å². The van der Waals surface area contributed by atoms with E-state index in [1.54, 1.807) is 30.3 Å². The van der Waals surface area contributed by atoms with Gasteiger partial charge in [0.2, 0.25) is 0 Å². The van der Waals surface area contributed by atoms with Crippen molar-refractivity contribution in [1.82, 2.24) is 0 Å². The van der Waals surface area contributed by atoms with Crippen LogP contribution in [0.3, 0.4) is 0 Å². The lowest BCUT2D eigenvalue weighted by Gasteiger charge is -2.19. The predicted octanol–water partition coefficient (Wildman–Crippen LogP) is 1.76. The maximum atomic E-state index is 12.8. The van der Waals surface area contributed by atoms with Gasteiger partial charge in [0, 0.05) is 18.9 Å². The van der Waals surface area contributed by atoms with Crippen molar-refractivity contribution in [3.8, 4) is 0 Å². The maximum Gasteiger partial charge on any atom is 0.185 e. The highest BCUT2D eigenvalue weighted by Crippen LogP contribution is 2.36. The van der Waals surface area contributed by atoms with Crippen molar-refractivity contribution >= 4 is 15.6 Å². The molecular weight excluding hydrogens is 276 g/mol. The van der Waals surface area contributed by atoms with Gasteiger partial charge in [-0.3, -0.25) is 4.79 Å². The van der Waals surface area contributed by atoms with Crippen LogP contribution in [-0.4, -0.2) is 32.7 Å². The molecule has 4 nitrogen and oxygen atoms in total. The molecule has 1 aromatic rings. The van der Waals surface area contributed by atoms with Crippen LogP contribution in [0.25, 0.3) is 0 Å². The number of hydrogen-bond donors (Lipinski definition) is 0. The summed E-state index contributed by atoms with van der Waals surface area (Å²) in [5.41, 5.74) is 0.733. The van der Waals surface area contributed by atoms with E-state index in [9.17, 15) is 13.2 Å². The van der Waals surface area contributed by atoms with Gasteiger partial charge in [-0.25, -0.2) is 8.42 Å². The highest BCUT2D eigenvalue weighted by molar-refractivity contribution is 7.92. The third-order valence-electron chi connectivity index (χ3n) is 3.91. The fourth-order valence-corrected chi connectivity index (χ4v) is 4.82. The summed E-state index contributed by atoms with van der Waals surface area (Å²) in [6.07, 6.45) is 2.30. The van der Waals surface area contributed by atoms with E-state index in [1.807, 2.05) is 0 Å². The number of carbonyl (C=O) groups is 1. The molecule has 20 heavy (non-hydrogen) atoms. The van der Waals surface area contributed by atoms with Gasteiger partial charge >= 0.3 is 0 Å². The van der Waals surface area contributed by atoms with Crippen LogP contribution in [0.4, 0.5) is 0 Å². The average molecular weight is 292 g/mol. The predicted molar refractivity (Wildman–Crippen MR) is 74.0 cm³/mol. The molecule has 1 fully saturated rings. The summed E-state index contributed by atoms with van der Waals surface area (Å²) in [5.74, 6) is -0.0720. The third-order valence-corrected chi connectivity index (χ3v) is 6.09. The summed E-state index contributed by atoms with van der Waals surface area (Å²) in [6, 6.07) is 8.43. The van der Waals surface area contributed by atoms with Crippen LogP contribution < -0.4 is 0 Å². The first-order valence-electron chi connectivity index (χ1n) is 6.70. The number of ether oxygens (including phenoxy) is 1. The summed E-state index contributed by atoms with van der Waals surface area (Å²) in [4.78, 5) is 11.9. The number of ketones is 1. The van der Waals surface area contributed by atoms with E-state index in [4.69, 9.17) is 4.74 Å². The van der Waals surface area contributed by atoms with Crippen LogP contribution in [0.1, 0.15) is 12.8 Å². The van der Waals surface area contributed by atoms with E-state index in [1.165, 1.54) is 6.08 Å². The Morgan fingerprint density at radius 2 is 1.90 bits per heavy atom. The van der Waals surface area contributed by atoms with Gasteiger partial charge in [-0.1, -0.05) is 18.2 Å². The molecular formula is C15H16O4S. The van der Waals surface area contributed by atoms with Crippen molar-refractivity contribution in [2.75, 3.05) is 13.2 Å². The van der Waals surface area contributed by atoms with E-state index >= 15 is 0 Å². The minimum absolute atomic E-state index is 0.00348. The molecule has 0 spiro atoms. The number of sulfone groups is 1. The molecule has 0 bridgehead atoms. The molecule has 1 heterocycles. The second-order valence-electron chi connectivity index (χ2n) is 5.22. The zero-order valence-corrected chi connectivity index (χ0v) is 11.8. The Kier molecular flexibility index (Phi) is 3.48.